The van der Waals surface area contributed by atoms with E-state index in [-0.39, 0.29) is 40.7 Å². The molecule has 1 unspecified atom stereocenters. The molecule has 0 aliphatic heterocycles. The van der Waals surface area contributed by atoms with Crippen LogP contribution >= 0.6 is 7.94 Å². The summed E-state index contributed by atoms with van der Waals surface area (Å²) in [5, 5.41) is 1.79. The SMILES string of the molecule is O=C(c1ccc2ccccc2c1)C(c1ccccc1)[P+]([O-])([O-])O.[Na+]. The molecule has 1 N–H and O–H groups in total. The molecule has 4 nitrogen and oxygen atoms in total. The summed E-state index contributed by atoms with van der Waals surface area (Å²) in [5.41, 5.74) is -1.08. The van der Waals surface area contributed by atoms with E-state index < -0.39 is 19.4 Å². The summed E-state index contributed by atoms with van der Waals surface area (Å²) in [5.74, 6) is -0.636. The first-order chi connectivity index (χ1) is 11.0. The molecule has 1 atom stereocenters. The Morgan fingerprint density at radius 2 is 1.46 bits per heavy atom. The van der Waals surface area contributed by atoms with E-state index in [4.69, 9.17) is 0 Å². The summed E-state index contributed by atoms with van der Waals surface area (Å²) >= 11 is 0. The number of fused-ring (bicyclic) bond motifs is 1. The van der Waals surface area contributed by atoms with Crippen LogP contribution in [-0.4, -0.2) is 10.7 Å². The van der Waals surface area contributed by atoms with E-state index in [1.54, 1.807) is 36.4 Å². The molecular weight excluding hydrogens is 334 g/mol. The van der Waals surface area contributed by atoms with E-state index >= 15 is 0 Å². The second-order valence-corrected chi connectivity index (χ2v) is 6.95. The fourth-order valence-corrected chi connectivity index (χ4v) is 3.62. The van der Waals surface area contributed by atoms with Gasteiger partial charge in [0.15, 0.2) is 5.66 Å². The molecule has 116 valence electrons. The summed E-state index contributed by atoms with van der Waals surface area (Å²) in [4.78, 5) is 45.8. The number of Topliss-reactive ketones (excluding diaryl/α,β-unsaturated/α-hetero) is 1. The van der Waals surface area contributed by atoms with Crippen LogP contribution in [0.15, 0.2) is 72.8 Å². The smallest absolute Gasteiger partial charge is 0.659 e. The zero-order valence-corrected chi connectivity index (χ0v) is 16.0. The molecule has 0 fully saturated rings. The molecule has 24 heavy (non-hydrogen) atoms. The number of ketones is 1. The summed E-state index contributed by atoms with van der Waals surface area (Å²) in [6.07, 6.45) is 0. The van der Waals surface area contributed by atoms with Crippen LogP contribution < -0.4 is 39.3 Å². The van der Waals surface area contributed by atoms with E-state index in [0.29, 0.717) is 0 Å². The summed E-state index contributed by atoms with van der Waals surface area (Å²) in [7, 11) is -4.88. The molecule has 6 heteroatoms. The van der Waals surface area contributed by atoms with Gasteiger partial charge in [-0.3, -0.25) is 9.69 Å². The average Bonchev–Trinajstić information content (AvgIpc) is 2.54. The normalized spacial score (nSPS) is 12.5. The van der Waals surface area contributed by atoms with Crippen molar-refractivity contribution in [1.29, 1.82) is 0 Å². The van der Waals surface area contributed by atoms with E-state index in [1.807, 2.05) is 24.3 Å². The van der Waals surface area contributed by atoms with Gasteiger partial charge in [-0.05, 0) is 16.8 Å². The van der Waals surface area contributed by atoms with Gasteiger partial charge in [-0.25, -0.2) is 0 Å². The van der Waals surface area contributed by atoms with Crippen molar-refractivity contribution < 1.29 is 49.0 Å². The molecule has 0 heterocycles. The van der Waals surface area contributed by atoms with Gasteiger partial charge in [-0.1, -0.05) is 66.7 Å². The van der Waals surface area contributed by atoms with Crippen molar-refractivity contribution in [2.24, 2.45) is 0 Å². The largest absolute Gasteiger partial charge is 1.00 e. The first-order valence-corrected chi connectivity index (χ1v) is 8.73. The maximum atomic E-state index is 12.7. The Balaban J connectivity index is 0.00000208. The molecular formula is C18H14NaO4P. The van der Waals surface area contributed by atoms with Gasteiger partial charge in [0.25, 0.3) is 0 Å². The molecule has 0 saturated heterocycles. The number of carbonyl (C=O) groups excluding carboxylic acids is 1. The minimum atomic E-state index is -4.88. The van der Waals surface area contributed by atoms with Crippen LogP contribution in [0.5, 0.6) is 0 Å². The second kappa shape index (κ2) is 7.85. The average molecular weight is 348 g/mol. The van der Waals surface area contributed by atoms with Crippen molar-refractivity contribution in [3.8, 4) is 0 Å². The number of hydrogen-bond donors (Lipinski definition) is 1. The third-order valence-electron chi connectivity index (χ3n) is 3.72. The Hall–Kier alpha value is -1.10. The Morgan fingerprint density at radius 3 is 2.08 bits per heavy atom. The van der Waals surface area contributed by atoms with Gasteiger partial charge >= 0.3 is 29.6 Å². The van der Waals surface area contributed by atoms with Crippen molar-refractivity contribution in [2.45, 2.75) is 5.66 Å². The number of hydrogen-bond acceptors (Lipinski definition) is 4. The van der Waals surface area contributed by atoms with E-state index in [2.05, 4.69) is 0 Å². The van der Waals surface area contributed by atoms with Gasteiger partial charge in [0, 0.05) is 11.1 Å². The third kappa shape index (κ3) is 4.11. The minimum Gasteiger partial charge on any atom is -0.659 e. The summed E-state index contributed by atoms with van der Waals surface area (Å²) < 4.78 is 0. The van der Waals surface area contributed by atoms with Crippen molar-refractivity contribution >= 4 is 24.5 Å². The molecule has 0 amide bonds. The zero-order valence-electron chi connectivity index (χ0n) is 13.1. The maximum Gasteiger partial charge on any atom is 1.00 e. The Morgan fingerprint density at radius 1 is 0.875 bits per heavy atom. The third-order valence-corrected chi connectivity index (χ3v) is 4.91. The fraction of sp³-hybridized carbons (Fsp3) is 0.0556. The van der Waals surface area contributed by atoms with E-state index in [9.17, 15) is 19.5 Å². The van der Waals surface area contributed by atoms with Gasteiger partial charge in [-0.15, -0.1) is 0 Å². The van der Waals surface area contributed by atoms with Crippen LogP contribution in [0.2, 0.25) is 0 Å². The fourth-order valence-electron chi connectivity index (χ4n) is 2.62. The molecule has 3 rings (SSSR count). The molecule has 0 saturated carbocycles. The van der Waals surface area contributed by atoms with Crippen LogP contribution in [0.1, 0.15) is 21.6 Å². The molecule has 0 aliphatic rings. The molecule has 0 aliphatic carbocycles. The van der Waals surface area contributed by atoms with Crippen molar-refractivity contribution in [3.63, 3.8) is 0 Å². The van der Waals surface area contributed by atoms with Gasteiger partial charge in [0.05, 0.1) is 7.94 Å². The molecule has 0 bridgehead atoms. The Labute approximate surface area is 162 Å². The predicted octanol–water partition coefficient (Wildman–Crippen LogP) is -0.757. The van der Waals surface area contributed by atoms with Crippen LogP contribution in [0.25, 0.3) is 10.8 Å². The minimum absolute atomic E-state index is 0. The van der Waals surface area contributed by atoms with Crippen molar-refractivity contribution in [3.05, 3.63) is 83.9 Å². The van der Waals surface area contributed by atoms with Crippen molar-refractivity contribution in [1.82, 2.24) is 0 Å². The first-order valence-electron chi connectivity index (χ1n) is 7.08. The molecule has 0 radical (unpaired) electrons. The van der Waals surface area contributed by atoms with Gasteiger partial charge in [0.2, 0.25) is 5.78 Å². The monoisotopic (exact) mass is 348 g/mol. The second-order valence-electron chi connectivity index (χ2n) is 5.30. The van der Waals surface area contributed by atoms with Crippen LogP contribution in [0.3, 0.4) is 0 Å². The van der Waals surface area contributed by atoms with Gasteiger partial charge in [0.1, 0.15) is 0 Å². The molecule has 0 spiro atoms. The summed E-state index contributed by atoms with van der Waals surface area (Å²) in [6, 6.07) is 20.5. The zero-order chi connectivity index (χ0) is 16.4. The quantitative estimate of drug-likeness (QED) is 0.382. The van der Waals surface area contributed by atoms with Crippen molar-refractivity contribution in [2.75, 3.05) is 0 Å². The first kappa shape index (κ1) is 19.2. The molecule has 0 aromatic heterocycles. The van der Waals surface area contributed by atoms with Crippen LogP contribution in [0.4, 0.5) is 0 Å². The Kier molecular flexibility index (Phi) is 6.29. The van der Waals surface area contributed by atoms with Gasteiger partial charge in [-0.2, -0.15) is 0 Å². The maximum absolute atomic E-state index is 12.7. The predicted molar refractivity (Wildman–Crippen MR) is 86.6 cm³/mol. The number of carbonyl (C=O) groups is 1. The topological polar surface area (TPSA) is 83.4 Å². The molecule has 3 aromatic carbocycles. The number of benzene rings is 3. The van der Waals surface area contributed by atoms with Crippen LogP contribution in [0, 0.1) is 0 Å². The van der Waals surface area contributed by atoms with Gasteiger partial charge < -0.3 is 9.79 Å². The summed E-state index contributed by atoms with van der Waals surface area (Å²) in [6.45, 7) is 0. The standard InChI is InChI=1S/C18H15O4P.Na/c19-17(16-11-10-13-6-4-5-9-15(13)12-16)18(23(20,21)22)14-7-2-1-3-8-14;/h1-12,18H,(H2,20,21,22);/q;+1/p-1. The number of rotatable bonds is 4. The van der Waals surface area contributed by atoms with Crippen LogP contribution in [-0.2, 0) is 0 Å². The Bertz CT molecular complexity index is 846. The van der Waals surface area contributed by atoms with E-state index in [0.717, 1.165) is 10.8 Å². The van der Waals surface area contributed by atoms with E-state index in [1.165, 1.54) is 12.1 Å². The molecule has 3 aromatic rings.